The first-order valence-electron chi connectivity index (χ1n) is 13.5. The summed E-state index contributed by atoms with van der Waals surface area (Å²) in [7, 11) is 0. The van der Waals surface area contributed by atoms with Crippen molar-refractivity contribution >= 4 is 35.6 Å². The van der Waals surface area contributed by atoms with Gasteiger partial charge in [-0.05, 0) is 33.1 Å². The zero-order valence-electron chi connectivity index (χ0n) is 24.2. The van der Waals surface area contributed by atoms with Crippen LogP contribution in [-0.2, 0) is 38.1 Å². The molecule has 0 aliphatic rings. The SMILES string of the molecule is C=CC(=O)OCC(O)COC(=O)CCSCC(C)(CC(C)(C)C(=O)OCCO)OC(=O)CC(CC)CCCC. The molecule has 3 unspecified atom stereocenters. The molecule has 0 heterocycles. The average molecular weight is 577 g/mol. The van der Waals surface area contributed by atoms with E-state index in [9.17, 15) is 24.3 Å². The minimum Gasteiger partial charge on any atom is -0.463 e. The van der Waals surface area contributed by atoms with Crippen molar-refractivity contribution in [1.82, 2.24) is 0 Å². The summed E-state index contributed by atoms with van der Waals surface area (Å²) >= 11 is 1.38. The van der Waals surface area contributed by atoms with E-state index in [0.29, 0.717) is 17.9 Å². The number of hydrogen-bond donors (Lipinski definition) is 2. The van der Waals surface area contributed by atoms with E-state index in [1.54, 1.807) is 20.8 Å². The maximum Gasteiger partial charge on any atom is 0.330 e. The number of thioether (sulfide) groups is 1. The first-order valence-corrected chi connectivity index (χ1v) is 14.7. The van der Waals surface area contributed by atoms with Gasteiger partial charge in [0.2, 0.25) is 0 Å². The second-order valence-corrected chi connectivity index (χ2v) is 11.5. The second kappa shape index (κ2) is 19.9. The van der Waals surface area contributed by atoms with Crippen molar-refractivity contribution in [1.29, 1.82) is 0 Å². The van der Waals surface area contributed by atoms with Crippen LogP contribution >= 0.6 is 11.8 Å². The highest BCUT2D eigenvalue weighted by atomic mass is 32.2. The van der Waals surface area contributed by atoms with E-state index in [2.05, 4.69) is 20.4 Å². The molecule has 0 aromatic heterocycles. The lowest BCUT2D eigenvalue weighted by Crippen LogP contribution is -2.43. The normalized spacial score (nSPS) is 14.4. The van der Waals surface area contributed by atoms with Crippen LogP contribution in [0.2, 0.25) is 0 Å². The van der Waals surface area contributed by atoms with E-state index in [1.165, 1.54) is 11.8 Å². The number of aliphatic hydroxyl groups is 2. The van der Waals surface area contributed by atoms with Crippen LogP contribution in [-0.4, -0.2) is 83.7 Å². The molecule has 0 aliphatic heterocycles. The molecule has 0 saturated heterocycles. The summed E-state index contributed by atoms with van der Waals surface area (Å²) in [5.74, 6) is -1.14. The summed E-state index contributed by atoms with van der Waals surface area (Å²) in [4.78, 5) is 48.6. The molecule has 0 aromatic rings. The van der Waals surface area contributed by atoms with Crippen LogP contribution in [0.1, 0.15) is 79.6 Å². The molecule has 2 N–H and O–H groups in total. The Kier molecular flexibility index (Phi) is 18.8. The van der Waals surface area contributed by atoms with Crippen LogP contribution in [0.4, 0.5) is 0 Å². The molecule has 0 amide bonds. The fourth-order valence-corrected chi connectivity index (χ4v) is 4.99. The number of ether oxygens (including phenoxy) is 4. The largest absolute Gasteiger partial charge is 0.463 e. The van der Waals surface area contributed by atoms with Crippen LogP contribution in [0.5, 0.6) is 0 Å². The summed E-state index contributed by atoms with van der Waals surface area (Å²) in [6, 6.07) is 0. The van der Waals surface area contributed by atoms with Gasteiger partial charge in [0.25, 0.3) is 0 Å². The van der Waals surface area contributed by atoms with Gasteiger partial charge in [0.15, 0.2) is 0 Å². The number of carbonyl (C=O) groups is 4. The Morgan fingerprint density at radius 1 is 1.03 bits per heavy atom. The van der Waals surface area contributed by atoms with Gasteiger partial charge in [-0.3, -0.25) is 14.4 Å². The van der Waals surface area contributed by atoms with Gasteiger partial charge in [-0.1, -0.05) is 39.7 Å². The number of hydrogen-bond acceptors (Lipinski definition) is 11. The van der Waals surface area contributed by atoms with Gasteiger partial charge in [-0.2, -0.15) is 11.8 Å². The van der Waals surface area contributed by atoms with Crippen molar-refractivity contribution in [3.8, 4) is 0 Å². The number of rotatable bonds is 22. The Morgan fingerprint density at radius 3 is 2.28 bits per heavy atom. The van der Waals surface area contributed by atoms with Crippen molar-refractivity contribution in [2.75, 3.05) is 37.9 Å². The summed E-state index contributed by atoms with van der Waals surface area (Å²) < 4.78 is 20.8. The molecule has 0 rings (SSSR count). The van der Waals surface area contributed by atoms with Gasteiger partial charge in [0.05, 0.1) is 18.4 Å². The zero-order chi connectivity index (χ0) is 29.9. The van der Waals surface area contributed by atoms with Crippen molar-refractivity contribution in [2.45, 2.75) is 91.3 Å². The number of carbonyl (C=O) groups excluding carboxylic acids is 4. The Bertz CT molecular complexity index is 769. The average Bonchev–Trinajstić information content (AvgIpc) is 2.88. The summed E-state index contributed by atoms with van der Waals surface area (Å²) in [5, 5.41) is 18.7. The molecule has 0 saturated carbocycles. The quantitative estimate of drug-likeness (QED) is 0.0843. The minimum atomic E-state index is -1.15. The maximum absolute atomic E-state index is 12.9. The van der Waals surface area contributed by atoms with Crippen LogP contribution in [0, 0.1) is 11.3 Å². The van der Waals surface area contributed by atoms with Gasteiger partial charge >= 0.3 is 23.9 Å². The van der Waals surface area contributed by atoms with Gasteiger partial charge in [0.1, 0.15) is 31.5 Å². The molecule has 0 radical (unpaired) electrons. The second-order valence-electron chi connectivity index (χ2n) is 10.4. The standard InChI is InChI=1S/C28H48O10S/c1-7-10-11-21(8-2)16-25(33)38-28(6,19-27(4,5)26(34)35-14-13-29)20-39-15-12-24(32)37-18-22(30)17-36-23(31)9-3/h9,21-22,29-30H,3,7-8,10-20H2,1-2,4-6H3. The third kappa shape index (κ3) is 17.2. The molecule has 0 bridgehead atoms. The van der Waals surface area contributed by atoms with Gasteiger partial charge in [0, 0.05) is 30.4 Å². The predicted molar refractivity (Wildman–Crippen MR) is 149 cm³/mol. The molecule has 39 heavy (non-hydrogen) atoms. The molecular weight excluding hydrogens is 528 g/mol. The highest BCUT2D eigenvalue weighted by molar-refractivity contribution is 7.99. The highest BCUT2D eigenvalue weighted by Gasteiger charge is 2.41. The Balaban J connectivity index is 5.06. The van der Waals surface area contributed by atoms with E-state index >= 15 is 0 Å². The molecular formula is C28H48O10S. The van der Waals surface area contributed by atoms with Crippen molar-refractivity contribution in [2.24, 2.45) is 11.3 Å². The molecule has 11 heteroatoms. The lowest BCUT2D eigenvalue weighted by molar-refractivity contribution is -0.168. The van der Waals surface area contributed by atoms with E-state index in [0.717, 1.165) is 31.8 Å². The first-order chi connectivity index (χ1) is 18.3. The van der Waals surface area contributed by atoms with Crippen molar-refractivity contribution in [3.63, 3.8) is 0 Å². The number of aliphatic hydroxyl groups excluding tert-OH is 2. The molecule has 0 spiro atoms. The number of unbranched alkanes of at least 4 members (excludes halogenated alkanes) is 1. The zero-order valence-corrected chi connectivity index (χ0v) is 25.0. The molecule has 226 valence electrons. The topological polar surface area (TPSA) is 146 Å². The molecule has 0 aromatic carbocycles. The Morgan fingerprint density at radius 2 is 1.69 bits per heavy atom. The third-order valence-corrected chi connectivity index (χ3v) is 7.24. The fourth-order valence-electron chi connectivity index (χ4n) is 3.94. The van der Waals surface area contributed by atoms with Gasteiger partial charge < -0.3 is 29.2 Å². The predicted octanol–water partition coefficient (Wildman–Crippen LogP) is 3.60. The lowest BCUT2D eigenvalue weighted by Gasteiger charge is -2.36. The maximum atomic E-state index is 12.9. The molecule has 0 fully saturated rings. The molecule has 3 atom stereocenters. The monoisotopic (exact) mass is 576 g/mol. The van der Waals surface area contributed by atoms with Crippen LogP contribution in [0.15, 0.2) is 12.7 Å². The van der Waals surface area contributed by atoms with Gasteiger partial charge in [-0.15, -0.1) is 0 Å². The van der Waals surface area contributed by atoms with E-state index in [1.807, 2.05) is 0 Å². The summed E-state index contributed by atoms with van der Waals surface area (Å²) in [6.07, 6.45) is 4.25. The van der Waals surface area contributed by atoms with Gasteiger partial charge in [-0.25, -0.2) is 4.79 Å². The Labute approximate surface area is 237 Å². The molecule has 10 nitrogen and oxygen atoms in total. The summed E-state index contributed by atoms with van der Waals surface area (Å²) in [5.41, 5.74) is -2.00. The van der Waals surface area contributed by atoms with E-state index in [-0.39, 0.29) is 51.2 Å². The van der Waals surface area contributed by atoms with Crippen molar-refractivity contribution in [3.05, 3.63) is 12.7 Å². The Hall–Kier alpha value is -2.11. The first kappa shape index (κ1) is 36.9. The van der Waals surface area contributed by atoms with Crippen molar-refractivity contribution < 1.29 is 48.3 Å². The minimum absolute atomic E-state index is 0.0463. The van der Waals surface area contributed by atoms with E-state index < -0.39 is 35.0 Å². The highest BCUT2D eigenvalue weighted by Crippen LogP contribution is 2.35. The third-order valence-electron chi connectivity index (χ3n) is 5.93. The van der Waals surface area contributed by atoms with Crippen LogP contribution in [0.25, 0.3) is 0 Å². The van der Waals surface area contributed by atoms with Crippen LogP contribution in [0.3, 0.4) is 0 Å². The summed E-state index contributed by atoms with van der Waals surface area (Å²) in [6.45, 7) is 11.6. The van der Waals surface area contributed by atoms with Crippen LogP contribution < -0.4 is 0 Å². The fraction of sp³-hybridized carbons (Fsp3) is 0.786. The lowest BCUT2D eigenvalue weighted by atomic mass is 9.81. The molecule has 0 aliphatic carbocycles. The van der Waals surface area contributed by atoms with E-state index in [4.69, 9.17) is 24.1 Å². The number of esters is 4. The smallest absolute Gasteiger partial charge is 0.330 e.